The second kappa shape index (κ2) is 5.63. The molecule has 0 saturated carbocycles. The standard InChI is InChI=1S/C12H17N3O/c1-2-16-10-9-15-8-7-14-12(15)11-3-5-13-6-4-11/h2-6,12,14H,1,7-10H2. The van der Waals surface area contributed by atoms with Crippen LogP contribution in [0.15, 0.2) is 37.4 Å². The molecule has 0 bridgehead atoms. The van der Waals surface area contributed by atoms with Gasteiger partial charge in [-0.25, -0.2) is 0 Å². The molecule has 4 nitrogen and oxygen atoms in total. The van der Waals surface area contributed by atoms with E-state index in [0.29, 0.717) is 6.61 Å². The minimum absolute atomic E-state index is 0.288. The molecule has 1 atom stereocenters. The van der Waals surface area contributed by atoms with Crippen LogP contribution in [0, 0.1) is 0 Å². The van der Waals surface area contributed by atoms with Crippen molar-refractivity contribution < 1.29 is 4.74 Å². The van der Waals surface area contributed by atoms with Crippen LogP contribution < -0.4 is 5.32 Å². The van der Waals surface area contributed by atoms with Crippen LogP contribution in [0.4, 0.5) is 0 Å². The van der Waals surface area contributed by atoms with Gasteiger partial charge in [-0.2, -0.15) is 0 Å². The lowest BCUT2D eigenvalue weighted by Gasteiger charge is -2.23. The molecule has 2 rings (SSSR count). The average molecular weight is 219 g/mol. The van der Waals surface area contributed by atoms with Gasteiger partial charge in [-0.15, -0.1) is 0 Å². The van der Waals surface area contributed by atoms with Crippen LogP contribution in [0.25, 0.3) is 0 Å². The minimum Gasteiger partial charge on any atom is -0.500 e. The van der Waals surface area contributed by atoms with Crippen LogP contribution in [0.2, 0.25) is 0 Å². The van der Waals surface area contributed by atoms with Gasteiger partial charge in [0.1, 0.15) is 6.61 Å². The minimum atomic E-state index is 0.288. The van der Waals surface area contributed by atoms with Crippen LogP contribution in [-0.4, -0.2) is 36.1 Å². The number of nitrogens with zero attached hydrogens (tertiary/aromatic N) is 2. The second-order valence-electron chi connectivity index (χ2n) is 3.71. The average Bonchev–Trinajstić information content (AvgIpc) is 2.79. The zero-order valence-corrected chi connectivity index (χ0v) is 9.30. The lowest BCUT2D eigenvalue weighted by Crippen LogP contribution is -2.30. The fourth-order valence-corrected chi connectivity index (χ4v) is 1.97. The van der Waals surface area contributed by atoms with E-state index in [1.165, 1.54) is 11.8 Å². The van der Waals surface area contributed by atoms with E-state index in [0.717, 1.165) is 19.6 Å². The van der Waals surface area contributed by atoms with E-state index >= 15 is 0 Å². The number of nitrogens with one attached hydrogen (secondary N) is 1. The Kier molecular flexibility index (Phi) is 3.91. The second-order valence-corrected chi connectivity index (χ2v) is 3.71. The Balaban J connectivity index is 1.95. The van der Waals surface area contributed by atoms with E-state index in [1.807, 2.05) is 24.5 Å². The van der Waals surface area contributed by atoms with E-state index in [2.05, 4.69) is 21.8 Å². The summed E-state index contributed by atoms with van der Waals surface area (Å²) in [4.78, 5) is 6.39. The Bertz CT molecular complexity index is 328. The molecular weight excluding hydrogens is 202 g/mol. The summed E-state index contributed by atoms with van der Waals surface area (Å²) in [6.07, 6.45) is 5.43. The molecule has 0 aromatic carbocycles. The highest BCUT2D eigenvalue weighted by Gasteiger charge is 2.24. The van der Waals surface area contributed by atoms with Gasteiger partial charge in [0.05, 0.1) is 12.4 Å². The first-order valence-electron chi connectivity index (χ1n) is 5.51. The fraction of sp³-hybridized carbons (Fsp3) is 0.417. The van der Waals surface area contributed by atoms with E-state index < -0.39 is 0 Å². The maximum absolute atomic E-state index is 5.16. The van der Waals surface area contributed by atoms with Gasteiger partial charge in [-0.3, -0.25) is 15.2 Å². The normalized spacial score (nSPS) is 20.9. The van der Waals surface area contributed by atoms with Crippen molar-refractivity contribution in [3.8, 4) is 0 Å². The smallest absolute Gasteiger partial charge is 0.100 e. The predicted molar refractivity (Wildman–Crippen MR) is 62.7 cm³/mol. The molecule has 1 unspecified atom stereocenters. The van der Waals surface area contributed by atoms with E-state index in [1.54, 1.807) is 0 Å². The monoisotopic (exact) mass is 219 g/mol. The maximum Gasteiger partial charge on any atom is 0.100 e. The van der Waals surface area contributed by atoms with Crippen molar-refractivity contribution in [1.82, 2.24) is 15.2 Å². The van der Waals surface area contributed by atoms with Crippen molar-refractivity contribution in [3.05, 3.63) is 42.9 Å². The maximum atomic E-state index is 5.16. The van der Waals surface area contributed by atoms with Crippen molar-refractivity contribution in [1.29, 1.82) is 0 Å². The van der Waals surface area contributed by atoms with Crippen LogP contribution in [0.1, 0.15) is 11.7 Å². The predicted octanol–water partition coefficient (Wildman–Crippen LogP) is 1.15. The first-order valence-corrected chi connectivity index (χ1v) is 5.51. The number of rotatable bonds is 5. The molecule has 1 aromatic heterocycles. The largest absolute Gasteiger partial charge is 0.500 e. The van der Waals surface area contributed by atoms with Gasteiger partial charge in [-0.05, 0) is 17.7 Å². The van der Waals surface area contributed by atoms with Gasteiger partial charge in [0.25, 0.3) is 0 Å². The highest BCUT2D eigenvalue weighted by atomic mass is 16.5. The zero-order chi connectivity index (χ0) is 11.2. The molecule has 1 aromatic rings. The summed E-state index contributed by atoms with van der Waals surface area (Å²) < 4.78 is 5.16. The molecule has 1 aliphatic heterocycles. The Hall–Kier alpha value is -1.39. The molecule has 1 saturated heterocycles. The summed E-state index contributed by atoms with van der Waals surface area (Å²) in [6.45, 7) is 7.20. The SMILES string of the molecule is C=COCCN1CCNC1c1ccncc1. The van der Waals surface area contributed by atoms with Crippen molar-refractivity contribution in [3.63, 3.8) is 0 Å². The summed E-state index contributed by atoms with van der Waals surface area (Å²) in [7, 11) is 0. The van der Waals surface area contributed by atoms with E-state index in [9.17, 15) is 0 Å². The fourth-order valence-electron chi connectivity index (χ4n) is 1.97. The highest BCUT2D eigenvalue weighted by molar-refractivity contribution is 5.15. The molecular formula is C12H17N3O. The van der Waals surface area contributed by atoms with Gasteiger partial charge in [-0.1, -0.05) is 6.58 Å². The van der Waals surface area contributed by atoms with Crippen LogP contribution in [0.5, 0.6) is 0 Å². The summed E-state index contributed by atoms with van der Waals surface area (Å²) in [5, 5.41) is 3.47. The van der Waals surface area contributed by atoms with Gasteiger partial charge in [0, 0.05) is 32.0 Å². The van der Waals surface area contributed by atoms with Crippen molar-refractivity contribution in [2.24, 2.45) is 0 Å². The molecule has 4 heteroatoms. The van der Waals surface area contributed by atoms with Crippen molar-refractivity contribution >= 4 is 0 Å². The van der Waals surface area contributed by atoms with Gasteiger partial charge < -0.3 is 4.74 Å². The molecule has 0 amide bonds. The van der Waals surface area contributed by atoms with Crippen LogP contribution >= 0.6 is 0 Å². The Morgan fingerprint density at radius 3 is 3.12 bits per heavy atom. The topological polar surface area (TPSA) is 37.4 Å². The quantitative estimate of drug-likeness (QED) is 0.595. The number of hydrogen-bond donors (Lipinski definition) is 1. The molecule has 0 aliphatic carbocycles. The highest BCUT2D eigenvalue weighted by Crippen LogP contribution is 2.20. The zero-order valence-electron chi connectivity index (χ0n) is 9.30. The Morgan fingerprint density at radius 2 is 2.38 bits per heavy atom. The molecule has 1 N–H and O–H groups in total. The number of ether oxygens (including phenoxy) is 1. The van der Waals surface area contributed by atoms with E-state index in [-0.39, 0.29) is 6.17 Å². The molecule has 0 radical (unpaired) electrons. The summed E-state index contributed by atoms with van der Waals surface area (Å²) in [5.41, 5.74) is 1.26. The van der Waals surface area contributed by atoms with Gasteiger partial charge in [0.15, 0.2) is 0 Å². The van der Waals surface area contributed by atoms with Crippen molar-refractivity contribution in [2.75, 3.05) is 26.2 Å². The van der Waals surface area contributed by atoms with Gasteiger partial charge in [0.2, 0.25) is 0 Å². The molecule has 2 heterocycles. The molecule has 86 valence electrons. The first kappa shape index (κ1) is 11.1. The van der Waals surface area contributed by atoms with E-state index in [4.69, 9.17) is 4.74 Å². The molecule has 1 fully saturated rings. The Morgan fingerprint density at radius 1 is 1.56 bits per heavy atom. The lowest BCUT2D eigenvalue weighted by molar-refractivity contribution is 0.164. The number of aromatic nitrogens is 1. The number of hydrogen-bond acceptors (Lipinski definition) is 4. The first-order chi connectivity index (χ1) is 7.92. The summed E-state index contributed by atoms with van der Waals surface area (Å²) >= 11 is 0. The lowest BCUT2D eigenvalue weighted by atomic mass is 10.2. The third-order valence-corrected chi connectivity index (χ3v) is 2.74. The van der Waals surface area contributed by atoms with Crippen molar-refractivity contribution in [2.45, 2.75) is 6.17 Å². The third kappa shape index (κ3) is 2.59. The summed E-state index contributed by atoms with van der Waals surface area (Å²) in [6, 6.07) is 4.09. The third-order valence-electron chi connectivity index (χ3n) is 2.74. The Labute approximate surface area is 95.9 Å². The van der Waals surface area contributed by atoms with Crippen LogP contribution in [0.3, 0.4) is 0 Å². The number of pyridine rings is 1. The van der Waals surface area contributed by atoms with Gasteiger partial charge >= 0.3 is 0 Å². The summed E-state index contributed by atoms with van der Waals surface area (Å²) in [5.74, 6) is 0. The van der Waals surface area contributed by atoms with Crippen LogP contribution in [-0.2, 0) is 4.74 Å². The molecule has 0 spiro atoms. The molecule has 1 aliphatic rings. The molecule has 16 heavy (non-hydrogen) atoms.